The smallest absolute Gasteiger partial charge is 0.262 e. The van der Waals surface area contributed by atoms with E-state index in [4.69, 9.17) is 0 Å². The Kier molecular flexibility index (Phi) is 3.57. The molecule has 0 bridgehead atoms. The molecule has 0 amide bonds. The fourth-order valence-electron chi connectivity index (χ4n) is 1.45. The lowest BCUT2D eigenvalue weighted by atomic mass is 10.2. The second-order valence-electron chi connectivity index (χ2n) is 3.69. The minimum Gasteiger partial charge on any atom is -0.262 e. The zero-order valence-corrected chi connectivity index (χ0v) is 10.7. The lowest BCUT2D eigenvalue weighted by Gasteiger charge is -2.07. The third-order valence-electron chi connectivity index (χ3n) is 2.44. The van der Waals surface area contributed by atoms with Crippen LogP contribution in [0, 0.1) is 0 Å². The lowest BCUT2D eigenvalue weighted by Crippen LogP contribution is -2.13. The number of rotatable bonds is 4. The highest BCUT2D eigenvalue weighted by atomic mass is 32.2. The monoisotopic (exact) mass is 263 g/mol. The van der Waals surface area contributed by atoms with Crippen LogP contribution in [0.1, 0.15) is 12.5 Å². The summed E-state index contributed by atoms with van der Waals surface area (Å²) in [6, 6.07) is 6.76. The Morgan fingerprint density at radius 3 is 2.44 bits per heavy atom. The third-order valence-corrected chi connectivity index (χ3v) is 3.81. The number of aromatic nitrogens is 2. The molecule has 18 heavy (non-hydrogen) atoms. The summed E-state index contributed by atoms with van der Waals surface area (Å²) in [7, 11) is -3.59. The first-order valence-corrected chi connectivity index (χ1v) is 6.98. The summed E-state index contributed by atoms with van der Waals surface area (Å²) >= 11 is 0. The van der Waals surface area contributed by atoms with Crippen LogP contribution < -0.4 is 4.72 Å². The quantitative estimate of drug-likeness (QED) is 0.913. The molecule has 0 saturated heterocycles. The van der Waals surface area contributed by atoms with Crippen LogP contribution in [-0.2, 0) is 16.4 Å². The average molecular weight is 263 g/mol. The van der Waals surface area contributed by atoms with Gasteiger partial charge < -0.3 is 0 Å². The molecular formula is C12H13N3O2S. The average Bonchev–Trinajstić information content (AvgIpc) is 2.39. The van der Waals surface area contributed by atoms with Gasteiger partial charge in [-0.2, -0.15) is 0 Å². The van der Waals surface area contributed by atoms with Gasteiger partial charge in [0.05, 0.1) is 11.1 Å². The minimum atomic E-state index is -3.59. The molecule has 1 aromatic carbocycles. The molecule has 0 unspecified atom stereocenters. The van der Waals surface area contributed by atoms with E-state index in [1.54, 1.807) is 24.3 Å². The summed E-state index contributed by atoms with van der Waals surface area (Å²) in [6.07, 6.45) is 5.14. The number of nitrogens with zero attached hydrogens (tertiary/aromatic N) is 2. The number of nitrogens with one attached hydrogen (secondary N) is 1. The third kappa shape index (κ3) is 2.84. The predicted molar refractivity (Wildman–Crippen MR) is 68.7 cm³/mol. The summed E-state index contributed by atoms with van der Waals surface area (Å²) in [4.78, 5) is 7.88. The van der Waals surface area contributed by atoms with Crippen molar-refractivity contribution >= 4 is 15.8 Å². The van der Waals surface area contributed by atoms with E-state index in [0.717, 1.165) is 12.0 Å². The summed E-state index contributed by atoms with van der Waals surface area (Å²) in [5, 5.41) is 0. The summed E-state index contributed by atoms with van der Waals surface area (Å²) in [5.74, 6) is 0.206. The van der Waals surface area contributed by atoms with Crippen molar-refractivity contribution in [3.63, 3.8) is 0 Å². The maximum absolute atomic E-state index is 12.0. The number of hydrogen-bond donors (Lipinski definition) is 1. The number of hydrogen-bond acceptors (Lipinski definition) is 4. The van der Waals surface area contributed by atoms with Crippen LogP contribution in [-0.4, -0.2) is 18.4 Å². The van der Waals surface area contributed by atoms with Crippen molar-refractivity contribution in [3.05, 3.63) is 48.4 Å². The van der Waals surface area contributed by atoms with E-state index >= 15 is 0 Å². The standard InChI is InChI=1S/C12H13N3O2S/c1-2-10-3-5-11(6-4-10)18(16,17)15-12-9-13-7-8-14-12/h3-9H,2H2,1H3,(H,14,15). The number of benzene rings is 1. The topological polar surface area (TPSA) is 72.0 Å². The maximum atomic E-state index is 12.0. The molecule has 2 aromatic rings. The number of anilines is 1. The van der Waals surface area contributed by atoms with Gasteiger partial charge in [0.15, 0.2) is 5.82 Å². The fraction of sp³-hybridized carbons (Fsp3) is 0.167. The first kappa shape index (κ1) is 12.5. The zero-order chi connectivity index (χ0) is 13.0. The Balaban J connectivity index is 2.25. The first-order valence-electron chi connectivity index (χ1n) is 5.49. The number of aryl methyl sites for hydroxylation is 1. The van der Waals surface area contributed by atoms with Gasteiger partial charge in [0.1, 0.15) is 0 Å². The van der Waals surface area contributed by atoms with Crippen molar-refractivity contribution < 1.29 is 8.42 Å². The van der Waals surface area contributed by atoms with Crippen molar-refractivity contribution in [2.75, 3.05) is 4.72 Å². The van der Waals surface area contributed by atoms with Gasteiger partial charge in [-0.05, 0) is 24.1 Å². The molecule has 0 radical (unpaired) electrons. The SMILES string of the molecule is CCc1ccc(S(=O)(=O)Nc2cnccn2)cc1. The largest absolute Gasteiger partial charge is 0.263 e. The zero-order valence-electron chi connectivity index (χ0n) is 9.87. The molecule has 5 nitrogen and oxygen atoms in total. The van der Waals surface area contributed by atoms with Gasteiger partial charge in [0.25, 0.3) is 10.0 Å². The van der Waals surface area contributed by atoms with Crippen LogP contribution >= 0.6 is 0 Å². The number of sulfonamides is 1. The molecule has 0 aliphatic carbocycles. The van der Waals surface area contributed by atoms with Crippen molar-refractivity contribution in [1.29, 1.82) is 0 Å². The van der Waals surface area contributed by atoms with E-state index in [9.17, 15) is 8.42 Å². The molecule has 0 spiro atoms. The second kappa shape index (κ2) is 5.14. The molecule has 2 rings (SSSR count). The molecule has 0 aliphatic rings. The van der Waals surface area contributed by atoms with Crippen LogP contribution in [0.15, 0.2) is 47.8 Å². The highest BCUT2D eigenvalue weighted by molar-refractivity contribution is 7.92. The van der Waals surface area contributed by atoms with Crippen molar-refractivity contribution in [1.82, 2.24) is 9.97 Å². The van der Waals surface area contributed by atoms with E-state index in [1.807, 2.05) is 6.92 Å². The highest BCUT2D eigenvalue weighted by Crippen LogP contribution is 2.14. The molecule has 1 aromatic heterocycles. The molecule has 94 valence electrons. The van der Waals surface area contributed by atoms with Crippen molar-refractivity contribution in [2.24, 2.45) is 0 Å². The second-order valence-corrected chi connectivity index (χ2v) is 5.38. The summed E-state index contributed by atoms with van der Waals surface area (Å²) < 4.78 is 26.4. The van der Waals surface area contributed by atoms with E-state index in [2.05, 4.69) is 14.7 Å². The van der Waals surface area contributed by atoms with E-state index < -0.39 is 10.0 Å². The van der Waals surface area contributed by atoms with Crippen molar-refractivity contribution in [3.8, 4) is 0 Å². The fourth-order valence-corrected chi connectivity index (χ4v) is 2.45. The van der Waals surface area contributed by atoms with Crippen LogP contribution in [0.2, 0.25) is 0 Å². The van der Waals surface area contributed by atoms with Gasteiger partial charge >= 0.3 is 0 Å². The normalized spacial score (nSPS) is 11.2. The van der Waals surface area contributed by atoms with E-state index in [1.165, 1.54) is 18.6 Å². The van der Waals surface area contributed by atoms with Gasteiger partial charge in [0, 0.05) is 12.4 Å². The van der Waals surface area contributed by atoms with Gasteiger partial charge in [0.2, 0.25) is 0 Å². The Labute approximate surface area is 106 Å². The maximum Gasteiger partial charge on any atom is 0.263 e. The molecule has 1 N–H and O–H groups in total. The first-order chi connectivity index (χ1) is 8.62. The van der Waals surface area contributed by atoms with Gasteiger partial charge in [-0.15, -0.1) is 0 Å². The van der Waals surface area contributed by atoms with Gasteiger partial charge in [-0.1, -0.05) is 19.1 Å². The Hall–Kier alpha value is -1.95. The molecule has 1 heterocycles. The highest BCUT2D eigenvalue weighted by Gasteiger charge is 2.14. The lowest BCUT2D eigenvalue weighted by molar-refractivity contribution is 0.601. The van der Waals surface area contributed by atoms with Crippen LogP contribution in [0.5, 0.6) is 0 Å². The Morgan fingerprint density at radius 2 is 1.89 bits per heavy atom. The molecule has 0 saturated carbocycles. The van der Waals surface area contributed by atoms with Crippen LogP contribution in [0.3, 0.4) is 0 Å². The predicted octanol–water partition coefficient (Wildman–Crippen LogP) is 1.84. The van der Waals surface area contributed by atoms with Gasteiger partial charge in [-0.25, -0.2) is 13.4 Å². The molecule has 0 aliphatic heterocycles. The van der Waals surface area contributed by atoms with Crippen LogP contribution in [0.4, 0.5) is 5.82 Å². The van der Waals surface area contributed by atoms with E-state index in [-0.39, 0.29) is 10.7 Å². The summed E-state index contributed by atoms with van der Waals surface area (Å²) in [5.41, 5.74) is 1.09. The molecule has 0 fully saturated rings. The molecular weight excluding hydrogens is 250 g/mol. The van der Waals surface area contributed by atoms with E-state index in [0.29, 0.717) is 0 Å². The molecule has 6 heteroatoms. The summed E-state index contributed by atoms with van der Waals surface area (Å²) in [6.45, 7) is 2.02. The van der Waals surface area contributed by atoms with Crippen molar-refractivity contribution in [2.45, 2.75) is 18.2 Å². The Bertz CT molecular complexity index is 610. The molecule has 0 atom stereocenters. The Morgan fingerprint density at radius 1 is 1.17 bits per heavy atom. The minimum absolute atomic E-state index is 0.206. The van der Waals surface area contributed by atoms with Gasteiger partial charge in [-0.3, -0.25) is 9.71 Å². The van der Waals surface area contributed by atoms with Crippen LogP contribution in [0.25, 0.3) is 0 Å².